The molecule has 0 rings (SSSR count). The predicted octanol–water partition coefficient (Wildman–Crippen LogP) is 1.04. The van der Waals surface area contributed by atoms with Gasteiger partial charge >= 0.3 is 0 Å². The Bertz CT molecular complexity index is 102. The Kier molecular flexibility index (Phi) is 3.35. The molecule has 2 nitrogen and oxygen atoms in total. The first-order valence-corrected chi connectivity index (χ1v) is 2.97. The molecule has 0 radical (unpaired) electrons. The summed E-state index contributed by atoms with van der Waals surface area (Å²) in [6.45, 7) is 1.80. The van der Waals surface area contributed by atoms with Crippen LogP contribution in [0.25, 0.3) is 0 Å². The number of hydrogen-bond donors (Lipinski definition) is 2. The van der Waals surface area contributed by atoms with E-state index in [1.54, 1.807) is 19.1 Å². The predicted molar refractivity (Wildman–Crippen MR) is 39.1 cm³/mol. The summed E-state index contributed by atoms with van der Waals surface area (Å²) in [6, 6.07) is 0. The van der Waals surface area contributed by atoms with Crippen LogP contribution in [0, 0.1) is 0 Å². The summed E-state index contributed by atoms with van der Waals surface area (Å²) in [5.74, 6) is 0. The maximum absolute atomic E-state index is 5.28. The summed E-state index contributed by atoms with van der Waals surface area (Å²) in [4.78, 5) is 0. The SMILES string of the molecule is C/C(N)=C/C=C(\N)Br. The van der Waals surface area contributed by atoms with Crippen LogP contribution in [-0.4, -0.2) is 0 Å². The summed E-state index contributed by atoms with van der Waals surface area (Å²) < 4.78 is 0.585. The van der Waals surface area contributed by atoms with Gasteiger partial charge in [-0.1, -0.05) is 0 Å². The van der Waals surface area contributed by atoms with Gasteiger partial charge < -0.3 is 11.5 Å². The van der Waals surface area contributed by atoms with E-state index in [0.29, 0.717) is 4.61 Å². The molecule has 0 heterocycles. The molecule has 0 aromatic heterocycles. The monoisotopic (exact) mass is 176 g/mol. The molecule has 0 saturated carbocycles. The van der Waals surface area contributed by atoms with Crippen LogP contribution in [-0.2, 0) is 0 Å². The van der Waals surface area contributed by atoms with Crippen LogP contribution in [0.3, 0.4) is 0 Å². The zero-order valence-corrected chi connectivity index (χ0v) is 6.27. The molecule has 0 fully saturated rings. The second kappa shape index (κ2) is 3.55. The Balaban J connectivity index is 3.76. The topological polar surface area (TPSA) is 52.0 Å². The van der Waals surface area contributed by atoms with E-state index < -0.39 is 0 Å². The highest BCUT2D eigenvalue weighted by Crippen LogP contribution is 1.94. The fourth-order valence-electron chi connectivity index (χ4n) is 0.211. The lowest BCUT2D eigenvalue weighted by Crippen LogP contribution is -1.90. The van der Waals surface area contributed by atoms with Gasteiger partial charge in [-0.15, -0.1) is 0 Å². The molecule has 0 bridgehead atoms. The minimum Gasteiger partial charge on any atom is -0.402 e. The standard InChI is InChI=1S/C5H9BrN2/c1-4(7)2-3-5(6)8/h2-3H,7-8H2,1H3/b4-2-,5-3-. The minimum absolute atomic E-state index is 0.585. The Morgan fingerprint density at radius 1 is 1.38 bits per heavy atom. The number of nitrogens with two attached hydrogens (primary N) is 2. The second-order valence-corrected chi connectivity index (χ2v) is 2.38. The lowest BCUT2D eigenvalue weighted by atomic mass is 10.4. The molecule has 0 aromatic carbocycles. The molecule has 0 aliphatic rings. The molecule has 4 N–H and O–H groups in total. The van der Waals surface area contributed by atoms with Crippen LogP contribution in [0.2, 0.25) is 0 Å². The summed E-state index contributed by atoms with van der Waals surface area (Å²) in [7, 11) is 0. The number of allylic oxidation sites excluding steroid dienone is 3. The van der Waals surface area contributed by atoms with Crippen LogP contribution < -0.4 is 11.5 Å². The Morgan fingerprint density at radius 3 is 2.00 bits per heavy atom. The van der Waals surface area contributed by atoms with Crippen molar-refractivity contribution in [2.24, 2.45) is 11.5 Å². The van der Waals surface area contributed by atoms with Gasteiger partial charge in [0.25, 0.3) is 0 Å². The van der Waals surface area contributed by atoms with Gasteiger partial charge in [-0.2, -0.15) is 0 Å². The van der Waals surface area contributed by atoms with Crippen LogP contribution in [0.4, 0.5) is 0 Å². The van der Waals surface area contributed by atoms with Gasteiger partial charge in [-0.25, -0.2) is 0 Å². The van der Waals surface area contributed by atoms with Crippen LogP contribution in [0.5, 0.6) is 0 Å². The first kappa shape index (κ1) is 7.56. The number of halogens is 1. The summed E-state index contributed by atoms with van der Waals surface area (Å²) in [5.41, 5.74) is 11.2. The number of rotatable bonds is 1. The molecule has 8 heavy (non-hydrogen) atoms. The first-order chi connectivity index (χ1) is 3.63. The van der Waals surface area contributed by atoms with Crippen molar-refractivity contribution in [2.45, 2.75) is 6.92 Å². The third kappa shape index (κ3) is 5.56. The van der Waals surface area contributed by atoms with Gasteiger partial charge in [0.1, 0.15) is 0 Å². The molecule has 0 spiro atoms. The molecule has 3 heteroatoms. The van der Waals surface area contributed by atoms with Crippen molar-refractivity contribution in [2.75, 3.05) is 0 Å². The van der Waals surface area contributed by atoms with Crippen molar-refractivity contribution in [1.29, 1.82) is 0 Å². The summed E-state index contributed by atoms with van der Waals surface area (Å²) in [5, 5.41) is 0. The van der Waals surface area contributed by atoms with E-state index >= 15 is 0 Å². The van der Waals surface area contributed by atoms with Crippen molar-refractivity contribution in [1.82, 2.24) is 0 Å². The van der Waals surface area contributed by atoms with Crippen LogP contribution in [0.15, 0.2) is 22.5 Å². The van der Waals surface area contributed by atoms with E-state index in [-0.39, 0.29) is 0 Å². The van der Waals surface area contributed by atoms with E-state index in [2.05, 4.69) is 15.9 Å². The highest BCUT2D eigenvalue weighted by atomic mass is 79.9. The maximum Gasteiger partial charge on any atom is 0.0754 e. The molecule has 0 aromatic rings. The average molecular weight is 177 g/mol. The quantitative estimate of drug-likeness (QED) is 0.464. The molecule has 0 saturated heterocycles. The second-order valence-electron chi connectivity index (χ2n) is 1.46. The van der Waals surface area contributed by atoms with Crippen LogP contribution in [0.1, 0.15) is 6.92 Å². The third-order valence-electron chi connectivity index (χ3n) is 0.505. The molecule has 46 valence electrons. The van der Waals surface area contributed by atoms with Crippen LogP contribution >= 0.6 is 15.9 Å². The Labute approximate surface area is 57.4 Å². The first-order valence-electron chi connectivity index (χ1n) is 2.18. The van der Waals surface area contributed by atoms with E-state index in [9.17, 15) is 0 Å². The van der Waals surface area contributed by atoms with Crippen molar-refractivity contribution in [3.63, 3.8) is 0 Å². The molecular weight excluding hydrogens is 168 g/mol. The largest absolute Gasteiger partial charge is 0.402 e. The Hall–Kier alpha value is -0.440. The van der Waals surface area contributed by atoms with Crippen molar-refractivity contribution >= 4 is 15.9 Å². The van der Waals surface area contributed by atoms with Gasteiger partial charge in [0, 0.05) is 5.70 Å². The lowest BCUT2D eigenvalue weighted by molar-refractivity contribution is 1.31. The smallest absolute Gasteiger partial charge is 0.0754 e. The molecule has 0 aliphatic carbocycles. The van der Waals surface area contributed by atoms with Crippen molar-refractivity contribution in [3.05, 3.63) is 22.5 Å². The molecule has 0 aliphatic heterocycles. The maximum atomic E-state index is 5.28. The van der Waals surface area contributed by atoms with E-state index in [1.807, 2.05) is 0 Å². The zero-order chi connectivity index (χ0) is 6.57. The third-order valence-corrected chi connectivity index (χ3v) is 0.770. The minimum atomic E-state index is 0.585. The fraction of sp³-hybridized carbons (Fsp3) is 0.200. The lowest BCUT2D eigenvalue weighted by Gasteiger charge is -1.84. The average Bonchev–Trinajstić information content (AvgIpc) is 1.61. The molecule has 0 atom stereocenters. The molecule has 0 unspecified atom stereocenters. The van der Waals surface area contributed by atoms with Gasteiger partial charge in [-0.3, -0.25) is 0 Å². The van der Waals surface area contributed by atoms with E-state index in [1.165, 1.54) is 0 Å². The van der Waals surface area contributed by atoms with E-state index in [0.717, 1.165) is 5.70 Å². The van der Waals surface area contributed by atoms with Gasteiger partial charge in [0.2, 0.25) is 0 Å². The van der Waals surface area contributed by atoms with Gasteiger partial charge in [0.15, 0.2) is 0 Å². The number of hydrogen-bond acceptors (Lipinski definition) is 2. The van der Waals surface area contributed by atoms with E-state index in [4.69, 9.17) is 11.5 Å². The van der Waals surface area contributed by atoms with Crippen molar-refractivity contribution < 1.29 is 0 Å². The summed E-state index contributed by atoms with van der Waals surface area (Å²) >= 11 is 3.04. The fourth-order valence-corrected chi connectivity index (χ4v) is 0.343. The highest BCUT2D eigenvalue weighted by molar-refractivity contribution is 9.11. The zero-order valence-electron chi connectivity index (χ0n) is 4.69. The van der Waals surface area contributed by atoms with Gasteiger partial charge in [0.05, 0.1) is 4.61 Å². The van der Waals surface area contributed by atoms with Gasteiger partial charge in [-0.05, 0) is 35.0 Å². The van der Waals surface area contributed by atoms with Crippen molar-refractivity contribution in [3.8, 4) is 0 Å². The molecular formula is C5H9BrN2. The molecule has 0 amide bonds. The summed E-state index contributed by atoms with van der Waals surface area (Å²) in [6.07, 6.45) is 3.42. The normalized spacial score (nSPS) is 14.2. The Morgan fingerprint density at radius 2 is 1.88 bits per heavy atom. The highest BCUT2D eigenvalue weighted by Gasteiger charge is 1.74.